The Hall–Kier alpha value is 0.270. The standard InChI is InChI=1S/C13H25NOS/c1-16-10-9-14-8-3-2-6-12(14)11-5-4-7-13(11)15/h11-13,15H,2-10H2,1H3. The van der Waals surface area contributed by atoms with E-state index < -0.39 is 0 Å². The molecule has 0 aromatic rings. The second kappa shape index (κ2) is 6.27. The second-order valence-corrected chi connectivity index (χ2v) is 6.24. The van der Waals surface area contributed by atoms with E-state index in [4.69, 9.17) is 0 Å². The summed E-state index contributed by atoms with van der Waals surface area (Å²) >= 11 is 1.94. The Morgan fingerprint density at radius 1 is 1.19 bits per heavy atom. The Balaban J connectivity index is 1.92. The number of piperidine rings is 1. The maximum absolute atomic E-state index is 10.1. The van der Waals surface area contributed by atoms with Crippen molar-refractivity contribution in [2.24, 2.45) is 5.92 Å². The molecule has 1 N–H and O–H groups in total. The third kappa shape index (κ3) is 2.93. The van der Waals surface area contributed by atoms with Crippen LogP contribution in [0.25, 0.3) is 0 Å². The van der Waals surface area contributed by atoms with Gasteiger partial charge in [0.05, 0.1) is 6.10 Å². The Morgan fingerprint density at radius 2 is 2.06 bits per heavy atom. The fourth-order valence-electron chi connectivity index (χ4n) is 3.41. The summed E-state index contributed by atoms with van der Waals surface area (Å²) in [4.78, 5) is 2.65. The first-order chi connectivity index (χ1) is 7.83. The highest BCUT2D eigenvalue weighted by molar-refractivity contribution is 7.98. The van der Waals surface area contributed by atoms with E-state index in [0.29, 0.717) is 12.0 Å². The highest BCUT2D eigenvalue weighted by Crippen LogP contribution is 2.35. The van der Waals surface area contributed by atoms with Gasteiger partial charge in [-0.05, 0) is 38.5 Å². The zero-order valence-electron chi connectivity index (χ0n) is 10.4. The summed E-state index contributed by atoms with van der Waals surface area (Å²) < 4.78 is 0. The third-order valence-corrected chi connectivity index (χ3v) is 4.86. The molecule has 0 spiro atoms. The first-order valence-electron chi connectivity index (χ1n) is 6.74. The van der Waals surface area contributed by atoms with Crippen LogP contribution in [0.15, 0.2) is 0 Å². The van der Waals surface area contributed by atoms with E-state index in [1.54, 1.807) is 0 Å². The highest BCUT2D eigenvalue weighted by Gasteiger charge is 2.36. The van der Waals surface area contributed by atoms with Crippen molar-refractivity contribution in [1.29, 1.82) is 0 Å². The number of nitrogens with zero attached hydrogens (tertiary/aromatic N) is 1. The van der Waals surface area contributed by atoms with Crippen molar-refractivity contribution in [2.75, 3.05) is 25.1 Å². The maximum atomic E-state index is 10.1. The first kappa shape index (κ1) is 12.7. The predicted octanol–water partition coefficient (Wildman–Crippen LogP) is 2.36. The molecule has 2 fully saturated rings. The van der Waals surface area contributed by atoms with Crippen molar-refractivity contribution in [3.8, 4) is 0 Å². The zero-order valence-corrected chi connectivity index (χ0v) is 11.2. The molecule has 94 valence electrons. The Bertz CT molecular complexity index is 212. The number of aliphatic hydroxyl groups is 1. The van der Waals surface area contributed by atoms with Crippen molar-refractivity contribution >= 4 is 11.8 Å². The molecule has 0 amide bonds. The van der Waals surface area contributed by atoms with Crippen molar-refractivity contribution in [2.45, 2.75) is 50.7 Å². The van der Waals surface area contributed by atoms with Crippen LogP contribution >= 0.6 is 11.8 Å². The largest absolute Gasteiger partial charge is 0.393 e. The van der Waals surface area contributed by atoms with Crippen molar-refractivity contribution < 1.29 is 5.11 Å². The molecule has 1 saturated carbocycles. The second-order valence-electron chi connectivity index (χ2n) is 5.25. The van der Waals surface area contributed by atoms with E-state index in [2.05, 4.69) is 11.2 Å². The van der Waals surface area contributed by atoms with E-state index in [9.17, 15) is 5.11 Å². The van der Waals surface area contributed by atoms with Crippen molar-refractivity contribution in [3.63, 3.8) is 0 Å². The monoisotopic (exact) mass is 243 g/mol. The molecule has 0 bridgehead atoms. The molecular weight excluding hydrogens is 218 g/mol. The van der Waals surface area contributed by atoms with Crippen LogP contribution in [0.5, 0.6) is 0 Å². The van der Waals surface area contributed by atoms with Gasteiger partial charge < -0.3 is 5.11 Å². The van der Waals surface area contributed by atoms with Crippen LogP contribution in [-0.4, -0.2) is 47.3 Å². The summed E-state index contributed by atoms with van der Waals surface area (Å²) in [6, 6.07) is 0.679. The molecule has 1 saturated heterocycles. The average molecular weight is 243 g/mol. The van der Waals surface area contributed by atoms with E-state index in [1.807, 2.05) is 11.8 Å². The van der Waals surface area contributed by atoms with Crippen LogP contribution < -0.4 is 0 Å². The molecule has 2 nitrogen and oxygen atoms in total. The number of aliphatic hydroxyl groups excluding tert-OH is 1. The number of rotatable bonds is 4. The first-order valence-corrected chi connectivity index (χ1v) is 8.13. The number of thioether (sulfide) groups is 1. The molecule has 1 aliphatic carbocycles. The van der Waals surface area contributed by atoms with Gasteiger partial charge in [0.25, 0.3) is 0 Å². The zero-order chi connectivity index (χ0) is 11.4. The maximum Gasteiger partial charge on any atom is 0.0583 e. The lowest BCUT2D eigenvalue weighted by molar-refractivity contribution is 0.0390. The Labute approximate surface area is 104 Å². The molecule has 0 aromatic heterocycles. The summed E-state index contributed by atoms with van der Waals surface area (Å²) in [5.41, 5.74) is 0. The minimum absolute atomic E-state index is 0.0140. The van der Waals surface area contributed by atoms with Gasteiger partial charge in [-0.1, -0.05) is 12.8 Å². The molecule has 16 heavy (non-hydrogen) atoms. The van der Waals surface area contributed by atoms with Gasteiger partial charge in [0.15, 0.2) is 0 Å². The summed E-state index contributed by atoms with van der Waals surface area (Å²) in [6.45, 7) is 2.48. The quantitative estimate of drug-likeness (QED) is 0.820. The molecule has 0 radical (unpaired) electrons. The summed E-state index contributed by atoms with van der Waals surface area (Å²) in [6.07, 6.45) is 9.73. The SMILES string of the molecule is CSCCN1CCCCC1C1CCCC1O. The third-order valence-electron chi connectivity index (χ3n) is 4.27. The summed E-state index contributed by atoms with van der Waals surface area (Å²) in [7, 11) is 0. The minimum atomic E-state index is -0.0140. The van der Waals surface area contributed by atoms with E-state index in [-0.39, 0.29) is 6.10 Å². The average Bonchev–Trinajstić information content (AvgIpc) is 2.73. The lowest BCUT2D eigenvalue weighted by Gasteiger charge is -2.40. The van der Waals surface area contributed by atoms with Crippen molar-refractivity contribution in [1.82, 2.24) is 4.90 Å². The van der Waals surface area contributed by atoms with Gasteiger partial charge in [0.1, 0.15) is 0 Å². The van der Waals surface area contributed by atoms with Gasteiger partial charge in [-0.15, -0.1) is 0 Å². The fraction of sp³-hybridized carbons (Fsp3) is 1.00. The van der Waals surface area contributed by atoms with Gasteiger partial charge in [0.2, 0.25) is 0 Å². The molecule has 3 heteroatoms. The number of hydrogen-bond acceptors (Lipinski definition) is 3. The molecule has 2 rings (SSSR count). The van der Waals surface area contributed by atoms with Crippen molar-refractivity contribution in [3.05, 3.63) is 0 Å². The number of likely N-dealkylation sites (tertiary alicyclic amines) is 1. The lowest BCUT2D eigenvalue weighted by Crippen LogP contribution is -2.47. The lowest BCUT2D eigenvalue weighted by atomic mass is 9.88. The fourth-order valence-corrected chi connectivity index (χ4v) is 3.82. The van der Waals surface area contributed by atoms with Gasteiger partial charge in [-0.3, -0.25) is 4.90 Å². The number of hydrogen-bond donors (Lipinski definition) is 1. The molecular formula is C13H25NOS. The molecule has 3 atom stereocenters. The smallest absolute Gasteiger partial charge is 0.0583 e. The van der Waals surface area contributed by atoms with Gasteiger partial charge in [0, 0.05) is 24.3 Å². The normalized spacial score (nSPS) is 36.8. The van der Waals surface area contributed by atoms with Crippen LogP contribution in [0.2, 0.25) is 0 Å². The predicted molar refractivity (Wildman–Crippen MR) is 70.9 cm³/mol. The van der Waals surface area contributed by atoms with Gasteiger partial charge >= 0.3 is 0 Å². The van der Waals surface area contributed by atoms with Gasteiger partial charge in [-0.2, -0.15) is 11.8 Å². The topological polar surface area (TPSA) is 23.5 Å². The highest BCUT2D eigenvalue weighted by atomic mass is 32.2. The van der Waals surface area contributed by atoms with Crippen LogP contribution in [0, 0.1) is 5.92 Å². The van der Waals surface area contributed by atoms with Crippen LogP contribution in [-0.2, 0) is 0 Å². The molecule has 0 aromatic carbocycles. The van der Waals surface area contributed by atoms with E-state index in [0.717, 1.165) is 6.42 Å². The summed E-state index contributed by atoms with van der Waals surface area (Å²) in [5, 5.41) is 10.1. The summed E-state index contributed by atoms with van der Waals surface area (Å²) in [5.74, 6) is 1.81. The molecule has 3 unspecified atom stereocenters. The van der Waals surface area contributed by atoms with Crippen LogP contribution in [0.4, 0.5) is 0 Å². The molecule has 1 heterocycles. The van der Waals surface area contributed by atoms with Crippen LogP contribution in [0.3, 0.4) is 0 Å². The Kier molecular flexibility index (Phi) is 4.98. The van der Waals surface area contributed by atoms with E-state index in [1.165, 1.54) is 50.9 Å². The molecule has 2 aliphatic rings. The Morgan fingerprint density at radius 3 is 2.75 bits per heavy atom. The van der Waals surface area contributed by atoms with Crippen LogP contribution in [0.1, 0.15) is 38.5 Å². The molecule has 1 aliphatic heterocycles. The van der Waals surface area contributed by atoms with Gasteiger partial charge in [-0.25, -0.2) is 0 Å². The van der Waals surface area contributed by atoms with E-state index >= 15 is 0 Å². The minimum Gasteiger partial charge on any atom is -0.393 e.